The van der Waals surface area contributed by atoms with Crippen LogP contribution in [0, 0.1) is 0 Å². The molecule has 1 amide bonds. The molecule has 0 spiro atoms. The van der Waals surface area contributed by atoms with Crippen LogP contribution in [0.25, 0.3) is 0 Å². The standard InChI is InChI=1S/C16H11Cl3N2O3/c17-9-5-10(18)16(11(19)6-9)20-14(22)7-21-8-15(23)24-13-4-2-1-3-12(13)21/h1-6H,7-8H2,(H,20,22). The third-order valence-corrected chi connectivity index (χ3v) is 4.17. The van der Waals surface area contributed by atoms with Crippen molar-refractivity contribution in [1.82, 2.24) is 0 Å². The van der Waals surface area contributed by atoms with Crippen LogP contribution in [0.2, 0.25) is 15.1 Å². The number of nitrogens with one attached hydrogen (secondary N) is 1. The Morgan fingerprint density at radius 2 is 1.83 bits per heavy atom. The lowest BCUT2D eigenvalue weighted by molar-refractivity contribution is -0.133. The summed E-state index contributed by atoms with van der Waals surface area (Å²) in [7, 11) is 0. The molecule has 24 heavy (non-hydrogen) atoms. The summed E-state index contributed by atoms with van der Waals surface area (Å²) in [5, 5.41) is 3.49. The van der Waals surface area contributed by atoms with E-state index in [4.69, 9.17) is 39.5 Å². The van der Waals surface area contributed by atoms with E-state index in [1.807, 2.05) is 0 Å². The second-order valence-electron chi connectivity index (χ2n) is 5.09. The molecule has 1 aliphatic heterocycles. The van der Waals surface area contributed by atoms with Gasteiger partial charge >= 0.3 is 5.97 Å². The molecule has 124 valence electrons. The van der Waals surface area contributed by atoms with E-state index in [0.29, 0.717) is 16.5 Å². The predicted octanol–water partition coefficient (Wildman–Crippen LogP) is 4.01. The van der Waals surface area contributed by atoms with Crippen LogP contribution in [0.15, 0.2) is 36.4 Å². The first-order valence-electron chi connectivity index (χ1n) is 6.93. The molecule has 5 nitrogen and oxygen atoms in total. The molecule has 1 N–H and O–H groups in total. The van der Waals surface area contributed by atoms with Crippen molar-refractivity contribution in [2.45, 2.75) is 0 Å². The Morgan fingerprint density at radius 1 is 1.17 bits per heavy atom. The third-order valence-electron chi connectivity index (χ3n) is 3.36. The summed E-state index contributed by atoms with van der Waals surface area (Å²) in [5.74, 6) is -0.376. The van der Waals surface area contributed by atoms with Gasteiger partial charge in [-0.1, -0.05) is 46.9 Å². The summed E-state index contributed by atoms with van der Waals surface area (Å²) >= 11 is 18.0. The molecule has 0 atom stereocenters. The van der Waals surface area contributed by atoms with Crippen LogP contribution < -0.4 is 15.0 Å². The molecule has 0 saturated heterocycles. The Hall–Kier alpha value is -1.95. The van der Waals surface area contributed by atoms with Crippen molar-refractivity contribution in [3.05, 3.63) is 51.5 Å². The van der Waals surface area contributed by atoms with E-state index in [-0.39, 0.29) is 34.7 Å². The summed E-state index contributed by atoms with van der Waals surface area (Å²) in [4.78, 5) is 25.6. The Balaban J connectivity index is 1.78. The number of halogens is 3. The second kappa shape index (κ2) is 6.89. The number of fused-ring (bicyclic) bond motifs is 1. The number of nitrogens with zero attached hydrogens (tertiary/aromatic N) is 1. The van der Waals surface area contributed by atoms with Crippen LogP contribution in [0.4, 0.5) is 11.4 Å². The fourth-order valence-corrected chi connectivity index (χ4v) is 3.27. The lowest BCUT2D eigenvalue weighted by Gasteiger charge is -2.29. The maximum Gasteiger partial charge on any atom is 0.331 e. The zero-order chi connectivity index (χ0) is 17.3. The highest BCUT2D eigenvalue weighted by atomic mass is 35.5. The van der Waals surface area contributed by atoms with Gasteiger partial charge in [0.05, 0.1) is 28.0 Å². The molecule has 0 aliphatic carbocycles. The summed E-state index contributed by atoms with van der Waals surface area (Å²) in [6, 6.07) is 9.97. The van der Waals surface area contributed by atoms with Gasteiger partial charge in [0, 0.05) is 5.02 Å². The monoisotopic (exact) mass is 384 g/mol. The van der Waals surface area contributed by atoms with Gasteiger partial charge in [-0.2, -0.15) is 0 Å². The van der Waals surface area contributed by atoms with E-state index in [0.717, 1.165) is 0 Å². The molecule has 0 aromatic heterocycles. The van der Waals surface area contributed by atoms with E-state index < -0.39 is 5.97 Å². The van der Waals surface area contributed by atoms with Gasteiger partial charge in [0.1, 0.15) is 6.54 Å². The van der Waals surface area contributed by atoms with E-state index in [9.17, 15) is 9.59 Å². The Bertz CT molecular complexity index is 803. The Labute approximate surface area is 153 Å². The number of hydrogen-bond donors (Lipinski definition) is 1. The quantitative estimate of drug-likeness (QED) is 0.640. The van der Waals surface area contributed by atoms with Crippen molar-refractivity contribution < 1.29 is 14.3 Å². The molecule has 0 fully saturated rings. The fourth-order valence-electron chi connectivity index (χ4n) is 2.36. The van der Waals surface area contributed by atoms with Gasteiger partial charge in [-0.25, -0.2) is 4.79 Å². The summed E-state index contributed by atoms with van der Waals surface area (Å²) in [6.45, 7) is -0.0755. The van der Waals surface area contributed by atoms with Crippen LogP contribution in [-0.2, 0) is 9.59 Å². The minimum absolute atomic E-state index is 0.0213. The smallest absolute Gasteiger partial charge is 0.331 e. The van der Waals surface area contributed by atoms with Gasteiger partial charge in [0.2, 0.25) is 5.91 Å². The average Bonchev–Trinajstić information content (AvgIpc) is 2.50. The molecule has 0 saturated carbocycles. The predicted molar refractivity (Wildman–Crippen MR) is 94.4 cm³/mol. The molecular weight excluding hydrogens is 375 g/mol. The molecule has 8 heteroatoms. The van der Waals surface area contributed by atoms with E-state index in [1.54, 1.807) is 29.2 Å². The number of carbonyl (C=O) groups excluding carboxylic acids is 2. The van der Waals surface area contributed by atoms with Gasteiger partial charge in [-0.05, 0) is 24.3 Å². The maximum atomic E-state index is 12.3. The molecule has 3 rings (SSSR count). The highest BCUT2D eigenvalue weighted by molar-refractivity contribution is 6.42. The second-order valence-corrected chi connectivity index (χ2v) is 6.34. The van der Waals surface area contributed by atoms with E-state index in [2.05, 4.69) is 5.32 Å². The van der Waals surface area contributed by atoms with Crippen molar-refractivity contribution in [2.24, 2.45) is 0 Å². The van der Waals surface area contributed by atoms with E-state index >= 15 is 0 Å². The normalized spacial score (nSPS) is 13.3. The van der Waals surface area contributed by atoms with Gasteiger partial charge in [0.25, 0.3) is 0 Å². The first-order chi connectivity index (χ1) is 11.4. The number of hydrogen-bond acceptors (Lipinski definition) is 4. The van der Waals surface area contributed by atoms with Crippen LogP contribution >= 0.6 is 34.8 Å². The minimum atomic E-state index is -0.427. The highest BCUT2D eigenvalue weighted by Crippen LogP contribution is 2.34. The van der Waals surface area contributed by atoms with Gasteiger partial charge in [0.15, 0.2) is 5.75 Å². The molecule has 1 heterocycles. The van der Waals surface area contributed by atoms with Crippen molar-refractivity contribution in [2.75, 3.05) is 23.3 Å². The Kier molecular flexibility index (Phi) is 4.85. The number of para-hydroxylation sites is 2. The molecule has 0 bridgehead atoms. The van der Waals surface area contributed by atoms with Crippen LogP contribution in [0.1, 0.15) is 0 Å². The van der Waals surface area contributed by atoms with Crippen LogP contribution in [0.5, 0.6) is 5.75 Å². The largest absolute Gasteiger partial charge is 0.423 e. The number of benzene rings is 2. The van der Waals surface area contributed by atoms with Crippen molar-refractivity contribution >= 4 is 58.1 Å². The molecule has 2 aromatic carbocycles. The van der Waals surface area contributed by atoms with Gasteiger partial charge < -0.3 is 15.0 Å². The highest BCUT2D eigenvalue weighted by Gasteiger charge is 2.25. The zero-order valence-electron chi connectivity index (χ0n) is 12.2. The zero-order valence-corrected chi connectivity index (χ0v) is 14.5. The molecule has 0 radical (unpaired) electrons. The minimum Gasteiger partial charge on any atom is -0.423 e. The van der Waals surface area contributed by atoms with Crippen molar-refractivity contribution in [1.29, 1.82) is 0 Å². The molecular formula is C16H11Cl3N2O3. The lowest BCUT2D eigenvalue weighted by Crippen LogP contribution is -2.41. The number of amides is 1. The first kappa shape index (κ1) is 16.9. The number of esters is 1. The van der Waals surface area contributed by atoms with E-state index in [1.165, 1.54) is 12.1 Å². The lowest BCUT2D eigenvalue weighted by atomic mass is 10.2. The average molecular weight is 386 g/mol. The third kappa shape index (κ3) is 3.59. The number of ether oxygens (including phenoxy) is 1. The maximum absolute atomic E-state index is 12.3. The number of rotatable bonds is 3. The molecule has 1 aliphatic rings. The Morgan fingerprint density at radius 3 is 2.54 bits per heavy atom. The summed E-state index contributed by atoms with van der Waals surface area (Å²) < 4.78 is 5.14. The van der Waals surface area contributed by atoms with Crippen LogP contribution in [0.3, 0.4) is 0 Å². The topological polar surface area (TPSA) is 58.6 Å². The summed E-state index contributed by atoms with van der Waals surface area (Å²) in [6.07, 6.45) is 0. The SMILES string of the molecule is O=C(CN1CC(=O)Oc2ccccc21)Nc1c(Cl)cc(Cl)cc1Cl. The number of carbonyl (C=O) groups is 2. The van der Waals surface area contributed by atoms with Crippen molar-refractivity contribution in [3.63, 3.8) is 0 Å². The molecule has 2 aromatic rings. The van der Waals surface area contributed by atoms with Gasteiger partial charge in [-0.15, -0.1) is 0 Å². The van der Waals surface area contributed by atoms with Crippen LogP contribution in [-0.4, -0.2) is 25.0 Å². The fraction of sp³-hybridized carbons (Fsp3) is 0.125. The molecule has 0 unspecified atom stereocenters. The van der Waals surface area contributed by atoms with Crippen molar-refractivity contribution in [3.8, 4) is 5.75 Å². The van der Waals surface area contributed by atoms with Gasteiger partial charge in [-0.3, -0.25) is 4.79 Å². The first-order valence-corrected chi connectivity index (χ1v) is 8.06. The number of anilines is 2. The summed E-state index contributed by atoms with van der Waals surface area (Å²) in [5.41, 5.74) is 0.946.